The first-order valence-electron chi connectivity index (χ1n) is 18.0. The van der Waals surface area contributed by atoms with E-state index in [0.29, 0.717) is 12.8 Å². The van der Waals surface area contributed by atoms with Gasteiger partial charge in [-0.25, -0.2) is 10.1 Å². The summed E-state index contributed by atoms with van der Waals surface area (Å²) in [6.07, 6.45) is 39.9. The molecule has 0 amide bonds. The van der Waals surface area contributed by atoms with Gasteiger partial charge in [0.15, 0.2) is 0 Å². The molecule has 0 spiro atoms. The first-order chi connectivity index (χ1) is 20.9. The summed E-state index contributed by atoms with van der Waals surface area (Å²) in [5, 5.41) is 0. The van der Waals surface area contributed by atoms with Gasteiger partial charge in [-0.15, -0.1) is 0 Å². The summed E-state index contributed by atoms with van der Waals surface area (Å²) < 4.78 is 21.8. The topological polar surface area (TPSA) is 95.7 Å². The normalized spacial score (nSPS) is 12.0. The van der Waals surface area contributed by atoms with Crippen molar-refractivity contribution < 1.29 is 23.2 Å². The molecule has 0 aliphatic carbocycles. The predicted octanol–water partition coefficient (Wildman–Crippen LogP) is 12.2. The van der Waals surface area contributed by atoms with Crippen molar-refractivity contribution in [2.75, 3.05) is 0 Å². The fraction of sp³-hybridized carbons (Fsp3) is 0.833. The second kappa shape index (κ2) is 32.0. The lowest BCUT2D eigenvalue weighted by Crippen LogP contribution is -2.13. The Morgan fingerprint density at radius 1 is 0.465 bits per heavy atom. The molecule has 0 aromatic heterocycles. The number of rotatable bonds is 32. The van der Waals surface area contributed by atoms with Crippen molar-refractivity contribution in [1.82, 2.24) is 0 Å². The lowest BCUT2D eigenvalue weighted by molar-refractivity contribution is -0.138. The summed E-state index contributed by atoms with van der Waals surface area (Å²) in [5.74, 6) is -1.34. The highest BCUT2D eigenvalue weighted by atomic mass is 31.2. The average molecular weight is 626 g/mol. The number of allylic oxidation sites excluding steroid dienone is 4. The van der Waals surface area contributed by atoms with Crippen LogP contribution in [0.15, 0.2) is 24.3 Å². The molecule has 252 valence electrons. The van der Waals surface area contributed by atoms with E-state index in [4.69, 9.17) is 14.6 Å². The van der Waals surface area contributed by atoms with Crippen molar-refractivity contribution in [1.29, 1.82) is 0 Å². The molecule has 0 aliphatic rings. The van der Waals surface area contributed by atoms with Crippen LogP contribution in [-0.4, -0.2) is 11.9 Å². The molecule has 43 heavy (non-hydrogen) atoms. The molecule has 0 aliphatic heterocycles. The van der Waals surface area contributed by atoms with E-state index >= 15 is 0 Å². The predicted molar refractivity (Wildman–Crippen MR) is 183 cm³/mol. The maximum atomic E-state index is 12.2. The number of carbonyl (C=O) groups is 2. The van der Waals surface area contributed by atoms with Gasteiger partial charge in [-0.3, -0.25) is 9.59 Å². The van der Waals surface area contributed by atoms with Crippen LogP contribution in [0.3, 0.4) is 0 Å². The van der Waals surface area contributed by atoms with E-state index in [2.05, 4.69) is 38.2 Å². The SMILES string of the molecule is CCCCCCCC/C=C\CCCCCCCC(=O)OP(N)(=O)OC(=O)CCCCCCC/C=C\CCCCCCCC. The molecule has 0 unspecified atom stereocenters. The highest BCUT2D eigenvalue weighted by Crippen LogP contribution is 2.40. The number of carbonyl (C=O) groups excluding carboxylic acids is 2. The molecule has 0 aromatic rings. The third kappa shape index (κ3) is 33.3. The smallest absolute Gasteiger partial charge is 0.371 e. The fourth-order valence-electron chi connectivity index (χ4n) is 5.07. The van der Waals surface area contributed by atoms with Crippen LogP contribution >= 0.6 is 7.75 Å². The second-order valence-corrected chi connectivity index (χ2v) is 13.6. The molecule has 0 heterocycles. The Labute approximate surface area is 266 Å². The van der Waals surface area contributed by atoms with Gasteiger partial charge in [-0.1, -0.05) is 141 Å². The van der Waals surface area contributed by atoms with E-state index in [9.17, 15) is 14.2 Å². The summed E-state index contributed by atoms with van der Waals surface area (Å²) in [6.45, 7) is 4.50. The highest BCUT2D eigenvalue weighted by molar-refractivity contribution is 7.52. The average Bonchev–Trinajstić information content (AvgIpc) is 2.96. The van der Waals surface area contributed by atoms with Crippen LogP contribution < -0.4 is 5.50 Å². The molecule has 0 saturated carbocycles. The molecule has 0 aromatic carbocycles. The molecule has 0 saturated heterocycles. The second-order valence-electron chi connectivity index (χ2n) is 12.1. The van der Waals surface area contributed by atoms with Crippen molar-refractivity contribution >= 4 is 19.7 Å². The minimum absolute atomic E-state index is 0.130. The van der Waals surface area contributed by atoms with Crippen LogP contribution in [0.5, 0.6) is 0 Å². The Balaban J connectivity index is 3.62. The standard InChI is InChI=1S/C36H68NO5P/c1-3-5-7-9-11-13-15-17-19-21-23-25-27-29-31-33-35(38)41-43(37,40)42-36(39)34-32-30-28-26-24-22-20-18-16-14-12-10-8-6-4-2/h17-20H,3-16,21-34H2,1-2H3,(H2,37,40)/b19-17-,20-18-. The van der Waals surface area contributed by atoms with E-state index in [1.807, 2.05) is 0 Å². The van der Waals surface area contributed by atoms with Crippen molar-refractivity contribution in [2.24, 2.45) is 5.50 Å². The minimum Gasteiger partial charge on any atom is -0.371 e. The van der Waals surface area contributed by atoms with Gasteiger partial charge in [0, 0.05) is 12.8 Å². The molecular formula is C36H68NO5P. The first-order valence-corrected chi connectivity index (χ1v) is 19.7. The number of nitrogens with two attached hydrogens (primary N) is 1. The van der Waals surface area contributed by atoms with Crippen LogP contribution in [-0.2, 0) is 23.2 Å². The molecule has 6 nitrogen and oxygen atoms in total. The molecular weight excluding hydrogens is 557 g/mol. The van der Waals surface area contributed by atoms with Crippen LogP contribution in [0.4, 0.5) is 0 Å². The van der Waals surface area contributed by atoms with Crippen molar-refractivity contribution in [3.63, 3.8) is 0 Å². The van der Waals surface area contributed by atoms with E-state index in [1.54, 1.807) is 0 Å². The molecule has 0 radical (unpaired) electrons. The van der Waals surface area contributed by atoms with Crippen LogP contribution in [0.1, 0.15) is 194 Å². The third-order valence-corrected chi connectivity index (χ3v) is 8.66. The zero-order chi connectivity index (χ0) is 31.7. The zero-order valence-electron chi connectivity index (χ0n) is 28.2. The van der Waals surface area contributed by atoms with E-state index in [1.165, 1.54) is 89.9 Å². The lowest BCUT2D eigenvalue weighted by atomic mass is 10.1. The molecule has 0 fully saturated rings. The molecule has 0 atom stereocenters. The highest BCUT2D eigenvalue weighted by Gasteiger charge is 2.27. The number of unbranched alkanes of at least 4 members (excludes halogenated alkanes) is 22. The largest absolute Gasteiger partial charge is 0.514 e. The van der Waals surface area contributed by atoms with Gasteiger partial charge in [-0.05, 0) is 64.2 Å². The Kier molecular flexibility index (Phi) is 31.0. The number of hydrogen-bond donors (Lipinski definition) is 1. The van der Waals surface area contributed by atoms with E-state index in [0.717, 1.165) is 64.2 Å². The Morgan fingerprint density at radius 2 is 0.721 bits per heavy atom. The lowest BCUT2D eigenvalue weighted by Gasteiger charge is -2.13. The molecule has 7 heteroatoms. The van der Waals surface area contributed by atoms with Crippen LogP contribution in [0.2, 0.25) is 0 Å². The monoisotopic (exact) mass is 625 g/mol. The summed E-state index contributed by atoms with van der Waals surface area (Å²) >= 11 is 0. The summed E-state index contributed by atoms with van der Waals surface area (Å²) in [7, 11) is -4.20. The summed E-state index contributed by atoms with van der Waals surface area (Å²) in [4.78, 5) is 24.0. The van der Waals surface area contributed by atoms with Crippen LogP contribution in [0.25, 0.3) is 0 Å². The molecule has 0 bridgehead atoms. The van der Waals surface area contributed by atoms with Crippen molar-refractivity contribution in [2.45, 2.75) is 194 Å². The van der Waals surface area contributed by atoms with Gasteiger partial charge in [-0.2, -0.15) is 0 Å². The van der Waals surface area contributed by atoms with E-state index < -0.39 is 19.7 Å². The molecule has 0 rings (SSSR count). The first kappa shape index (κ1) is 41.6. The Morgan fingerprint density at radius 3 is 1.02 bits per heavy atom. The Bertz CT molecular complexity index is 694. The maximum Gasteiger partial charge on any atom is 0.514 e. The summed E-state index contributed by atoms with van der Waals surface area (Å²) in [6, 6.07) is 0. The van der Waals surface area contributed by atoms with Gasteiger partial charge < -0.3 is 9.05 Å². The van der Waals surface area contributed by atoms with Gasteiger partial charge in [0.05, 0.1) is 0 Å². The number of hydrogen-bond acceptors (Lipinski definition) is 5. The van der Waals surface area contributed by atoms with Gasteiger partial charge in [0.2, 0.25) is 0 Å². The van der Waals surface area contributed by atoms with Gasteiger partial charge in [0.1, 0.15) is 0 Å². The minimum atomic E-state index is -4.20. The van der Waals surface area contributed by atoms with Gasteiger partial charge in [0.25, 0.3) is 0 Å². The quantitative estimate of drug-likeness (QED) is 0.0454. The fourth-order valence-corrected chi connectivity index (χ4v) is 5.86. The van der Waals surface area contributed by atoms with Crippen LogP contribution in [0, 0.1) is 0 Å². The van der Waals surface area contributed by atoms with Crippen molar-refractivity contribution in [3.05, 3.63) is 24.3 Å². The van der Waals surface area contributed by atoms with E-state index in [-0.39, 0.29) is 12.8 Å². The third-order valence-electron chi connectivity index (χ3n) is 7.74. The Hall–Kier alpha value is -1.39. The zero-order valence-corrected chi connectivity index (χ0v) is 29.1. The summed E-state index contributed by atoms with van der Waals surface area (Å²) in [5.41, 5.74) is 5.49. The molecule has 2 N–H and O–H groups in total. The van der Waals surface area contributed by atoms with Crippen molar-refractivity contribution in [3.8, 4) is 0 Å². The maximum absolute atomic E-state index is 12.2. The van der Waals surface area contributed by atoms with Gasteiger partial charge >= 0.3 is 19.7 Å².